The lowest BCUT2D eigenvalue weighted by Crippen LogP contribution is -2.46. The molecule has 2 atom stereocenters. The number of benzene rings is 2. The predicted octanol–water partition coefficient (Wildman–Crippen LogP) is 2.12. The molecule has 2 amide bonds. The smallest absolute Gasteiger partial charge is 0.254 e. The van der Waals surface area contributed by atoms with Crippen LogP contribution in [0, 0.1) is 0 Å². The lowest BCUT2D eigenvalue weighted by molar-refractivity contribution is -0.125. The van der Waals surface area contributed by atoms with Crippen molar-refractivity contribution >= 4 is 11.8 Å². The zero-order valence-electron chi connectivity index (χ0n) is 16.7. The summed E-state index contributed by atoms with van der Waals surface area (Å²) in [6.45, 7) is 1.14. The quantitative estimate of drug-likeness (QED) is 0.690. The molecule has 2 aromatic carbocycles. The number of methoxy groups -OCH3 is 2. The van der Waals surface area contributed by atoms with Gasteiger partial charge in [-0.3, -0.25) is 9.59 Å². The Labute approximate surface area is 170 Å². The number of carbonyl (C=O) groups excluding carboxylic acids is 2. The van der Waals surface area contributed by atoms with Crippen molar-refractivity contribution in [2.75, 3.05) is 33.9 Å². The fourth-order valence-corrected chi connectivity index (χ4v) is 3.34. The van der Waals surface area contributed by atoms with Gasteiger partial charge in [-0.1, -0.05) is 18.2 Å². The first kappa shape index (κ1) is 20.7. The lowest BCUT2D eigenvalue weighted by atomic mass is 10.1. The van der Waals surface area contributed by atoms with Gasteiger partial charge in [-0.2, -0.15) is 0 Å². The molecule has 7 heteroatoms. The normalized spacial score (nSPS) is 18.3. The van der Waals surface area contributed by atoms with Crippen LogP contribution in [-0.2, 0) is 9.53 Å². The van der Waals surface area contributed by atoms with Crippen LogP contribution in [0.2, 0.25) is 0 Å². The van der Waals surface area contributed by atoms with E-state index in [4.69, 9.17) is 14.2 Å². The zero-order chi connectivity index (χ0) is 20.6. The van der Waals surface area contributed by atoms with E-state index in [0.717, 1.165) is 5.75 Å². The van der Waals surface area contributed by atoms with Crippen LogP contribution >= 0.6 is 0 Å². The molecule has 1 fully saturated rings. The summed E-state index contributed by atoms with van der Waals surface area (Å²) < 4.78 is 16.2. The van der Waals surface area contributed by atoms with Crippen molar-refractivity contribution in [3.8, 4) is 11.5 Å². The molecule has 7 nitrogen and oxygen atoms in total. The van der Waals surface area contributed by atoms with Crippen molar-refractivity contribution in [2.45, 2.75) is 18.6 Å². The van der Waals surface area contributed by atoms with Crippen LogP contribution in [0.15, 0.2) is 54.6 Å². The third-order valence-corrected chi connectivity index (χ3v) is 4.81. The number of nitrogens with one attached hydrogen (secondary N) is 1. The van der Waals surface area contributed by atoms with E-state index >= 15 is 0 Å². The van der Waals surface area contributed by atoms with Gasteiger partial charge in [0.05, 0.1) is 20.3 Å². The Hall–Kier alpha value is -3.06. The number of likely N-dealkylation sites (tertiary alicyclic amines) is 1. The number of ether oxygens (including phenoxy) is 3. The number of hydrogen-bond acceptors (Lipinski definition) is 5. The highest BCUT2D eigenvalue weighted by Crippen LogP contribution is 2.25. The zero-order valence-corrected chi connectivity index (χ0v) is 16.7. The number of para-hydroxylation sites is 1. The van der Waals surface area contributed by atoms with Crippen LogP contribution < -0.4 is 14.8 Å². The van der Waals surface area contributed by atoms with Gasteiger partial charge in [0.15, 0.2) is 0 Å². The number of amides is 2. The number of hydrogen-bond donors (Lipinski definition) is 1. The van der Waals surface area contributed by atoms with Gasteiger partial charge in [-0.15, -0.1) is 0 Å². The van der Waals surface area contributed by atoms with Crippen molar-refractivity contribution in [3.05, 3.63) is 60.2 Å². The van der Waals surface area contributed by atoms with Gasteiger partial charge in [0, 0.05) is 25.6 Å². The third kappa shape index (κ3) is 5.26. The van der Waals surface area contributed by atoms with Gasteiger partial charge >= 0.3 is 0 Å². The molecule has 3 rings (SSSR count). The van der Waals surface area contributed by atoms with Crippen molar-refractivity contribution in [2.24, 2.45) is 0 Å². The molecule has 0 radical (unpaired) electrons. The van der Waals surface area contributed by atoms with E-state index in [1.165, 1.54) is 0 Å². The molecule has 2 unspecified atom stereocenters. The summed E-state index contributed by atoms with van der Waals surface area (Å²) in [4.78, 5) is 27.4. The third-order valence-electron chi connectivity index (χ3n) is 4.81. The molecule has 1 N–H and O–H groups in total. The van der Waals surface area contributed by atoms with Crippen molar-refractivity contribution in [3.63, 3.8) is 0 Å². The Morgan fingerprint density at radius 1 is 1.03 bits per heavy atom. The molecule has 0 spiro atoms. The van der Waals surface area contributed by atoms with Gasteiger partial charge in [0.2, 0.25) is 5.91 Å². The molecule has 0 saturated carbocycles. The Morgan fingerprint density at radius 3 is 2.41 bits per heavy atom. The maximum absolute atomic E-state index is 13.1. The van der Waals surface area contributed by atoms with Crippen LogP contribution in [0.3, 0.4) is 0 Å². The van der Waals surface area contributed by atoms with E-state index in [1.807, 2.05) is 30.3 Å². The van der Waals surface area contributed by atoms with Crippen LogP contribution in [0.25, 0.3) is 0 Å². The molecule has 1 aliphatic rings. The standard InChI is InChI=1S/C22H26N2O5/c1-27-13-12-23-21(25)20-14-19(29-18-6-4-3-5-7-18)15-24(20)22(26)16-8-10-17(28-2)11-9-16/h3-11,19-20H,12-15H2,1-2H3,(H,23,25). The summed E-state index contributed by atoms with van der Waals surface area (Å²) in [5, 5.41) is 2.83. The van der Waals surface area contributed by atoms with Gasteiger partial charge in [-0.25, -0.2) is 0 Å². The molecule has 1 saturated heterocycles. The van der Waals surface area contributed by atoms with E-state index in [-0.39, 0.29) is 17.9 Å². The molecular formula is C22H26N2O5. The molecule has 1 heterocycles. The second-order valence-electron chi connectivity index (χ2n) is 6.77. The first-order valence-electron chi connectivity index (χ1n) is 9.55. The van der Waals surface area contributed by atoms with Crippen molar-refractivity contribution in [1.29, 1.82) is 0 Å². The summed E-state index contributed by atoms with van der Waals surface area (Å²) >= 11 is 0. The van der Waals surface area contributed by atoms with E-state index in [1.54, 1.807) is 43.4 Å². The first-order valence-corrected chi connectivity index (χ1v) is 9.55. The van der Waals surface area contributed by atoms with Gasteiger partial charge < -0.3 is 24.4 Å². The summed E-state index contributed by atoms with van der Waals surface area (Å²) in [6.07, 6.45) is 0.160. The second kappa shape index (κ2) is 9.93. The van der Waals surface area contributed by atoms with E-state index in [2.05, 4.69) is 5.32 Å². The first-order chi connectivity index (χ1) is 14.1. The van der Waals surface area contributed by atoms with Crippen molar-refractivity contribution < 1.29 is 23.8 Å². The van der Waals surface area contributed by atoms with Gasteiger partial charge in [0.1, 0.15) is 23.6 Å². The maximum Gasteiger partial charge on any atom is 0.254 e. The molecule has 0 bridgehead atoms. The highest BCUT2D eigenvalue weighted by atomic mass is 16.5. The second-order valence-corrected chi connectivity index (χ2v) is 6.77. The summed E-state index contributed by atoms with van der Waals surface area (Å²) in [6, 6.07) is 15.7. The maximum atomic E-state index is 13.1. The Bertz CT molecular complexity index is 810. The number of nitrogens with zero attached hydrogens (tertiary/aromatic N) is 1. The monoisotopic (exact) mass is 398 g/mol. The lowest BCUT2D eigenvalue weighted by Gasteiger charge is -2.23. The van der Waals surface area contributed by atoms with E-state index < -0.39 is 6.04 Å². The summed E-state index contributed by atoms with van der Waals surface area (Å²) in [7, 11) is 3.15. The Morgan fingerprint density at radius 2 is 1.76 bits per heavy atom. The van der Waals surface area contributed by atoms with E-state index in [9.17, 15) is 9.59 Å². The highest BCUT2D eigenvalue weighted by molar-refractivity contribution is 5.98. The molecule has 1 aliphatic heterocycles. The summed E-state index contributed by atoms with van der Waals surface area (Å²) in [5.41, 5.74) is 0.501. The van der Waals surface area contributed by atoms with Crippen LogP contribution in [0.5, 0.6) is 11.5 Å². The molecule has 29 heavy (non-hydrogen) atoms. The van der Waals surface area contributed by atoms with Gasteiger partial charge in [0.25, 0.3) is 5.91 Å². The minimum Gasteiger partial charge on any atom is -0.497 e. The largest absolute Gasteiger partial charge is 0.497 e. The van der Waals surface area contributed by atoms with Crippen molar-refractivity contribution in [1.82, 2.24) is 10.2 Å². The minimum atomic E-state index is -0.602. The Kier molecular flexibility index (Phi) is 7.08. The van der Waals surface area contributed by atoms with Gasteiger partial charge in [-0.05, 0) is 36.4 Å². The summed E-state index contributed by atoms with van der Waals surface area (Å²) in [5.74, 6) is 0.971. The fraction of sp³-hybridized carbons (Fsp3) is 0.364. The highest BCUT2D eigenvalue weighted by Gasteiger charge is 2.41. The molecular weight excluding hydrogens is 372 g/mol. The molecule has 0 aromatic heterocycles. The minimum absolute atomic E-state index is 0.205. The SMILES string of the molecule is COCCNC(=O)C1CC(Oc2ccccc2)CN1C(=O)c1ccc(OC)cc1. The molecule has 2 aromatic rings. The molecule has 154 valence electrons. The topological polar surface area (TPSA) is 77.1 Å². The van der Waals surface area contributed by atoms with E-state index in [0.29, 0.717) is 37.4 Å². The van der Waals surface area contributed by atoms with Crippen LogP contribution in [-0.4, -0.2) is 62.8 Å². The fourth-order valence-electron chi connectivity index (χ4n) is 3.34. The average Bonchev–Trinajstić information content (AvgIpc) is 3.18. The molecule has 0 aliphatic carbocycles. The Balaban J connectivity index is 1.75. The van der Waals surface area contributed by atoms with Crippen LogP contribution in [0.1, 0.15) is 16.8 Å². The number of rotatable bonds is 8. The average molecular weight is 398 g/mol. The van der Waals surface area contributed by atoms with Crippen LogP contribution in [0.4, 0.5) is 0 Å². The number of carbonyl (C=O) groups is 2. The predicted molar refractivity (Wildman–Crippen MR) is 108 cm³/mol.